The van der Waals surface area contributed by atoms with Crippen molar-refractivity contribution in [1.82, 2.24) is 4.57 Å². The minimum Gasteiger partial charge on any atom is -0.480 e. The first-order chi connectivity index (χ1) is 12.5. The molecule has 1 aliphatic heterocycles. The molecule has 3 aromatic carbocycles. The van der Waals surface area contributed by atoms with Gasteiger partial charge in [0.25, 0.3) is 0 Å². The quantitative estimate of drug-likeness (QED) is 0.408. The van der Waals surface area contributed by atoms with Crippen LogP contribution >= 0.6 is 0 Å². The summed E-state index contributed by atoms with van der Waals surface area (Å²) in [6.45, 7) is 5.78. The van der Waals surface area contributed by atoms with Crippen LogP contribution in [0.3, 0.4) is 0 Å². The maximum absolute atomic E-state index is 12.6. The second-order valence-corrected chi connectivity index (χ2v) is 7.37. The third-order valence-corrected chi connectivity index (χ3v) is 5.31. The van der Waals surface area contributed by atoms with Gasteiger partial charge in [0, 0.05) is 23.4 Å². The molecule has 0 radical (unpaired) electrons. The van der Waals surface area contributed by atoms with Crippen molar-refractivity contribution in [2.24, 2.45) is 0 Å². The van der Waals surface area contributed by atoms with Gasteiger partial charge in [0.15, 0.2) is 5.75 Å². The summed E-state index contributed by atoms with van der Waals surface area (Å²) in [5, 5.41) is 3.28. The minimum atomic E-state index is -0.474. The van der Waals surface area contributed by atoms with Gasteiger partial charge in [0.2, 0.25) is 5.91 Å². The monoisotopic (exact) mass is 341 g/mol. The van der Waals surface area contributed by atoms with Gasteiger partial charge in [0.05, 0.1) is 11.2 Å². The smallest absolute Gasteiger partial charge is 0.228 e. The van der Waals surface area contributed by atoms with E-state index in [4.69, 9.17) is 4.74 Å². The molecule has 0 bridgehead atoms. The Hall–Kier alpha value is -3.07. The molecule has 0 aliphatic carbocycles. The van der Waals surface area contributed by atoms with E-state index >= 15 is 0 Å². The number of fused-ring (bicyclic) bond motifs is 7. The van der Waals surface area contributed by atoms with Gasteiger partial charge in [-0.1, -0.05) is 48.5 Å². The molecule has 3 heteroatoms. The summed E-state index contributed by atoms with van der Waals surface area (Å²) in [5.41, 5.74) is 3.49. The van der Waals surface area contributed by atoms with Crippen LogP contribution in [0, 0.1) is 0 Å². The lowest BCUT2D eigenvalue weighted by Gasteiger charge is -2.34. The maximum atomic E-state index is 12.6. The predicted octanol–water partition coefficient (Wildman–Crippen LogP) is 5.75. The molecule has 128 valence electrons. The number of hydrogen-bond donors (Lipinski definition) is 0. The molecular formula is C23H19NO2. The first-order valence-corrected chi connectivity index (χ1v) is 8.85. The Balaban J connectivity index is 2.05. The average Bonchev–Trinajstić information content (AvgIpc) is 2.95. The van der Waals surface area contributed by atoms with Crippen molar-refractivity contribution in [3.63, 3.8) is 0 Å². The van der Waals surface area contributed by atoms with Crippen LogP contribution in [0.15, 0.2) is 60.7 Å². The lowest BCUT2D eigenvalue weighted by atomic mass is 9.85. The van der Waals surface area contributed by atoms with Gasteiger partial charge in [0.1, 0.15) is 5.60 Å². The summed E-state index contributed by atoms with van der Waals surface area (Å²) in [6, 6.07) is 20.5. The molecule has 0 unspecified atom stereocenters. The van der Waals surface area contributed by atoms with Gasteiger partial charge >= 0.3 is 0 Å². The SMILES string of the molecule is CC(=O)n1c2c(c3ccccc31)OC(C)(C)c1ccc3ccccc3c1-2. The summed E-state index contributed by atoms with van der Waals surface area (Å²) in [5.74, 6) is 0.786. The third kappa shape index (κ3) is 1.86. The van der Waals surface area contributed by atoms with Crippen LogP contribution in [0.1, 0.15) is 31.1 Å². The summed E-state index contributed by atoms with van der Waals surface area (Å²) in [6.07, 6.45) is 0. The highest BCUT2D eigenvalue weighted by molar-refractivity contribution is 6.09. The summed E-state index contributed by atoms with van der Waals surface area (Å²) in [4.78, 5) is 12.6. The number of hydrogen-bond acceptors (Lipinski definition) is 2. The zero-order valence-electron chi connectivity index (χ0n) is 15.0. The van der Waals surface area contributed by atoms with Gasteiger partial charge in [-0.15, -0.1) is 0 Å². The van der Waals surface area contributed by atoms with Crippen LogP contribution in [-0.2, 0) is 5.60 Å². The van der Waals surface area contributed by atoms with E-state index in [1.54, 1.807) is 11.5 Å². The highest BCUT2D eigenvalue weighted by Crippen LogP contribution is 2.52. The zero-order valence-corrected chi connectivity index (χ0v) is 15.0. The lowest BCUT2D eigenvalue weighted by molar-refractivity contribution is 0.0928. The topological polar surface area (TPSA) is 31.2 Å². The molecule has 1 aliphatic rings. The van der Waals surface area contributed by atoms with E-state index in [-0.39, 0.29) is 5.91 Å². The fourth-order valence-corrected chi connectivity index (χ4v) is 4.20. The van der Waals surface area contributed by atoms with Crippen LogP contribution < -0.4 is 4.74 Å². The van der Waals surface area contributed by atoms with Crippen molar-refractivity contribution in [2.75, 3.05) is 0 Å². The molecule has 0 amide bonds. The maximum Gasteiger partial charge on any atom is 0.228 e. The summed E-state index contributed by atoms with van der Waals surface area (Å²) < 4.78 is 8.26. The number of ether oxygens (including phenoxy) is 1. The van der Waals surface area contributed by atoms with Crippen LogP contribution in [0.25, 0.3) is 32.9 Å². The number of nitrogens with zero attached hydrogens (tertiary/aromatic N) is 1. The van der Waals surface area contributed by atoms with E-state index in [1.807, 2.05) is 36.4 Å². The van der Waals surface area contributed by atoms with E-state index in [0.717, 1.165) is 44.2 Å². The van der Waals surface area contributed by atoms with Gasteiger partial charge in [-0.3, -0.25) is 9.36 Å². The van der Waals surface area contributed by atoms with E-state index in [2.05, 4.69) is 38.1 Å². The number of para-hydroxylation sites is 1. The standard InChI is InChI=1S/C23H19NO2/c1-14(25)24-19-11-7-6-10-17(19)22-21(24)20-16-9-5-4-8-15(16)12-13-18(20)23(2,3)26-22/h4-13H,1-3H3. The first kappa shape index (κ1) is 15.2. The number of rotatable bonds is 0. The second-order valence-electron chi connectivity index (χ2n) is 7.37. The molecule has 0 saturated carbocycles. The Morgan fingerprint density at radius 2 is 1.62 bits per heavy atom. The fourth-order valence-electron chi connectivity index (χ4n) is 4.20. The van der Waals surface area contributed by atoms with Gasteiger partial charge < -0.3 is 4.74 Å². The van der Waals surface area contributed by atoms with Gasteiger partial charge in [-0.2, -0.15) is 0 Å². The highest BCUT2D eigenvalue weighted by Gasteiger charge is 2.38. The Bertz CT molecular complexity index is 1210. The van der Waals surface area contributed by atoms with Gasteiger partial charge in [-0.25, -0.2) is 0 Å². The normalized spacial score (nSPS) is 14.7. The molecule has 0 spiro atoms. The highest BCUT2D eigenvalue weighted by atomic mass is 16.5. The number of benzene rings is 3. The Kier molecular flexibility index (Phi) is 2.91. The number of aromatic nitrogens is 1. The van der Waals surface area contributed by atoms with E-state index in [0.29, 0.717) is 0 Å². The second kappa shape index (κ2) is 4.98. The summed E-state index contributed by atoms with van der Waals surface area (Å²) in [7, 11) is 0. The van der Waals surface area contributed by atoms with Crippen molar-refractivity contribution >= 4 is 27.6 Å². The van der Waals surface area contributed by atoms with Crippen LogP contribution in [0.4, 0.5) is 0 Å². The fraction of sp³-hybridized carbons (Fsp3) is 0.174. The zero-order chi connectivity index (χ0) is 18.1. The van der Waals surface area contributed by atoms with Crippen molar-refractivity contribution in [2.45, 2.75) is 26.4 Å². The molecule has 0 N–H and O–H groups in total. The van der Waals surface area contributed by atoms with Crippen molar-refractivity contribution in [3.8, 4) is 17.0 Å². The van der Waals surface area contributed by atoms with Crippen LogP contribution in [0.5, 0.6) is 5.75 Å². The molecule has 26 heavy (non-hydrogen) atoms. The van der Waals surface area contributed by atoms with Gasteiger partial charge in [-0.05, 0) is 36.8 Å². The molecule has 0 saturated heterocycles. The molecule has 0 fully saturated rings. The summed E-state index contributed by atoms with van der Waals surface area (Å²) >= 11 is 0. The van der Waals surface area contributed by atoms with Crippen LogP contribution in [-0.4, -0.2) is 10.5 Å². The molecule has 1 aromatic heterocycles. The third-order valence-electron chi connectivity index (χ3n) is 5.31. The van der Waals surface area contributed by atoms with Crippen LogP contribution in [0.2, 0.25) is 0 Å². The van der Waals surface area contributed by atoms with Crippen molar-refractivity contribution < 1.29 is 9.53 Å². The molecule has 4 aromatic rings. The minimum absolute atomic E-state index is 0.00959. The number of carbonyl (C=O) groups excluding carboxylic acids is 1. The molecule has 2 heterocycles. The Morgan fingerprint density at radius 1 is 0.923 bits per heavy atom. The molecular weight excluding hydrogens is 322 g/mol. The van der Waals surface area contributed by atoms with Crippen molar-refractivity contribution in [1.29, 1.82) is 0 Å². The largest absolute Gasteiger partial charge is 0.480 e. The molecule has 5 rings (SSSR count). The average molecular weight is 341 g/mol. The Morgan fingerprint density at radius 3 is 2.38 bits per heavy atom. The molecule has 0 atom stereocenters. The van der Waals surface area contributed by atoms with Crippen molar-refractivity contribution in [3.05, 3.63) is 66.2 Å². The number of carbonyl (C=O) groups is 1. The Labute approximate surface area is 151 Å². The first-order valence-electron chi connectivity index (χ1n) is 8.85. The predicted molar refractivity (Wildman–Crippen MR) is 105 cm³/mol. The lowest BCUT2D eigenvalue weighted by Crippen LogP contribution is -2.30. The van der Waals surface area contributed by atoms with E-state index in [9.17, 15) is 4.79 Å². The molecule has 3 nitrogen and oxygen atoms in total. The van der Waals surface area contributed by atoms with E-state index in [1.165, 1.54) is 0 Å². The van der Waals surface area contributed by atoms with E-state index < -0.39 is 5.60 Å².